The Kier molecular flexibility index (Phi) is 2.55. The Labute approximate surface area is 87.5 Å². The van der Waals surface area contributed by atoms with Crippen LogP contribution in [0.3, 0.4) is 0 Å². The van der Waals surface area contributed by atoms with Gasteiger partial charge in [0.2, 0.25) is 0 Å². The molecule has 0 atom stereocenters. The summed E-state index contributed by atoms with van der Waals surface area (Å²) in [7, 11) is 0. The molecule has 0 fully saturated rings. The van der Waals surface area contributed by atoms with Gasteiger partial charge in [-0.15, -0.1) is 0 Å². The Morgan fingerprint density at radius 1 is 1.29 bits per heavy atom. The van der Waals surface area contributed by atoms with E-state index in [-0.39, 0.29) is 0 Å². The Morgan fingerprint density at radius 3 is 2.57 bits per heavy atom. The van der Waals surface area contributed by atoms with Crippen LogP contribution in [-0.2, 0) is 6.42 Å². The van der Waals surface area contributed by atoms with E-state index in [1.807, 2.05) is 30.3 Å². The second-order valence-corrected chi connectivity index (χ2v) is 3.47. The molecular formula is C11H10ClNO. The van der Waals surface area contributed by atoms with Crippen molar-refractivity contribution >= 4 is 11.6 Å². The van der Waals surface area contributed by atoms with Crippen LogP contribution >= 0.6 is 11.6 Å². The maximum atomic E-state index is 5.89. The fraction of sp³-hybridized carbons (Fsp3) is 0.182. The van der Waals surface area contributed by atoms with Gasteiger partial charge in [0.15, 0.2) is 11.0 Å². The lowest BCUT2D eigenvalue weighted by molar-refractivity contribution is 0.484. The molecule has 0 unspecified atom stereocenters. The normalized spacial score (nSPS) is 10.4. The third-order valence-electron chi connectivity index (χ3n) is 1.96. The van der Waals surface area contributed by atoms with E-state index in [2.05, 4.69) is 4.98 Å². The molecule has 2 nitrogen and oxygen atoms in total. The first-order valence-electron chi connectivity index (χ1n) is 4.41. The predicted octanol–water partition coefficient (Wildman–Crippen LogP) is 3.23. The number of hydrogen-bond donors (Lipinski definition) is 0. The zero-order chi connectivity index (χ0) is 9.97. The first-order chi connectivity index (χ1) is 6.75. The van der Waals surface area contributed by atoms with Gasteiger partial charge in [0.05, 0.1) is 0 Å². The highest BCUT2D eigenvalue weighted by Gasteiger charge is 2.08. The van der Waals surface area contributed by atoms with Gasteiger partial charge in [-0.25, -0.2) is 4.98 Å². The molecule has 3 heteroatoms. The first kappa shape index (κ1) is 9.28. The fourth-order valence-electron chi connectivity index (χ4n) is 1.33. The van der Waals surface area contributed by atoms with Gasteiger partial charge in [-0.05, 0) is 5.56 Å². The maximum absolute atomic E-state index is 5.89. The fourth-order valence-corrected chi connectivity index (χ4v) is 1.56. The van der Waals surface area contributed by atoms with Crippen LogP contribution in [0.15, 0.2) is 34.7 Å². The van der Waals surface area contributed by atoms with Gasteiger partial charge in [0.25, 0.3) is 0 Å². The van der Waals surface area contributed by atoms with Gasteiger partial charge in [-0.3, -0.25) is 0 Å². The third-order valence-corrected chi connectivity index (χ3v) is 2.26. The zero-order valence-electron chi connectivity index (χ0n) is 7.83. The average molecular weight is 208 g/mol. The van der Waals surface area contributed by atoms with Crippen LogP contribution in [-0.4, -0.2) is 4.98 Å². The highest BCUT2D eigenvalue weighted by Crippen LogP contribution is 2.19. The number of oxazole rings is 1. The molecule has 0 aliphatic carbocycles. The number of aromatic nitrogens is 1. The zero-order valence-corrected chi connectivity index (χ0v) is 8.58. The molecule has 0 aliphatic rings. The number of halogens is 1. The Morgan fingerprint density at radius 2 is 2.00 bits per heavy atom. The van der Waals surface area contributed by atoms with Crippen molar-refractivity contribution in [2.75, 3.05) is 0 Å². The molecule has 0 saturated heterocycles. The van der Waals surface area contributed by atoms with E-state index in [9.17, 15) is 0 Å². The van der Waals surface area contributed by atoms with E-state index in [1.165, 1.54) is 5.56 Å². The predicted molar refractivity (Wildman–Crippen MR) is 55.5 cm³/mol. The summed E-state index contributed by atoms with van der Waals surface area (Å²) in [6, 6.07) is 10.0. The van der Waals surface area contributed by atoms with Crippen LogP contribution in [0.25, 0.3) is 0 Å². The average Bonchev–Trinajstić information content (AvgIpc) is 2.47. The van der Waals surface area contributed by atoms with Crippen LogP contribution in [0, 0.1) is 6.92 Å². The van der Waals surface area contributed by atoms with E-state index in [0.29, 0.717) is 17.5 Å². The standard InChI is InChI=1S/C11H10ClNO/c1-8-13-11(12)10(14-8)7-9-5-3-2-4-6-9/h2-6H,7H2,1H3. The number of hydrogen-bond acceptors (Lipinski definition) is 2. The molecule has 0 aliphatic heterocycles. The molecular weight excluding hydrogens is 198 g/mol. The highest BCUT2D eigenvalue weighted by atomic mass is 35.5. The molecule has 72 valence electrons. The van der Waals surface area contributed by atoms with Crippen molar-refractivity contribution in [2.24, 2.45) is 0 Å². The molecule has 0 saturated carbocycles. The minimum atomic E-state index is 0.464. The number of nitrogens with zero attached hydrogens (tertiary/aromatic N) is 1. The minimum Gasteiger partial charge on any atom is -0.444 e. The van der Waals surface area contributed by atoms with Crippen molar-refractivity contribution in [2.45, 2.75) is 13.3 Å². The molecule has 0 spiro atoms. The monoisotopic (exact) mass is 207 g/mol. The van der Waals surface area contributed by atoms with Crippen molar-refractivity contribution in [1.82, 2.24) is 4.98 Å². The minimum absolute atomic E-state index is 0.464. The number of aryl methyl sites for hydroxylation is 1. The molecule has 14 heavy (non-hydrogen) atoms. The second-order valence-electron chi connectivity index (χ2n) is 3.11. The van der Waals surface area contributed by atoms with E-state index in [1.54, 1.807) is 6.92 Å². The van der Waals surface area contributed by atoms with Crippen LogP contribution in [0.5, 0.6) is 0 Å². The summed E-state index contributed by atoms with van der Waals surface area (Å²) in [4.78, 5) is 4.01. The summed E-state index contributed by atoms with van der Waals surface area (Å²) >= 11 is 5.89. The number of rotatable bonds is 2. The Bertz CT molecular complexity index is 422. The molecule has 2 rings (SSSR count). The smallest absolute Gasteiger partial charge is 0.192 e. The first-order valence-corrected chi connectivity index (χ1v) is 4.79. The van der Waals surface area contributed by atoms with E-state index >= 15 is 0 Å². The molecule has 1 heterocycles. The van der Waals surface area contributed by atoms with Gasteiger partial charge in [0.1, 0.15) is 5.76 Å². The Balaban J connectivity index is 2.23. The van der Waals surface area contributed by atoms with Crippen LogP contribution in [0.2, 0.25) is 5.15 Å². The van der Waals surface area contributed by atoms with Gasteiger partial charge < -0.3 is 4.42 Å². The Hall–Kier alpha value is -1.28. The van der Waals surface area contributed by atoms with Crippen molar-refractivity contribution in [1.29, 1.82) is 0 Å². The van der Waals surface area contributed by atoms with E-state index < -0.39 is 0 Å². The molecule has 1 aromatic heterocycles. The van der Waals surface area contributed by atoms with E-state index in [4.69, 9.17) is 16.0 Å². The second kappa shape index (κ2) is 3.84. The summed E-state index contributed by atoms with van der Waals surface area (Å²) in [5, 5.41) is 0.464. The van der Waals surface area contributed by atoms with Crippen LogP contribution < -0.4 is 0 Å². The molecule has 2 aromatic rings. The summed E-state index contributed by atoms with van der Waals surface area (Å²) in [5.74, 6) is 1.34. The van der Waals surface area contributed by atoms with Gasteiger partial charge in [-0.2, -0.15) is 0 Å². The maximum Gasteiger partial charge on any atom is 0.192 e. The lowest BCUT2D eigenvalue weighted by atomic mass is 10.1. The summed E-state index contributed by atoms with van der Waals surface area (Å²) < 4.78 is 5.38. The topological polar surface area (TPSA) is 26.0 Å². The van der Waals surface area contributed by atoms with Crippen LogP contribution in [0.1, 0.15) is 17.2 Å². The lowest BCUT2D eigenvalue weighted by Gasteiger charge is -1.96. The highest BCUT2D eigenvalue weighted by molar-refractivity contribution is 6.30. The van der Waals surface area contributed by atoms with Crippen molar-refractivity contribution in [3.8, 4) is 0 Å². The molecule has 0 N–H and O–H groups in total. The largest absolute Gasteiger partial charge is 0.444 e. The van der Waals surface area contributed by atoms with Gasteiger partial charge in [0, 0.05) is 13.3 Å². The summed E-state index contributed by atoms with van der Waals surface area (Å²) in [5.41, 5.74) is 1.17. The van der Waals surface area contributed by atoms with Crippen molar-refractivity contribution in [3.05, 3.63) is 52.7 Å². The molecule has 1 aromatic carbocycles. The molecule has 0 radical (unpaired) electrons. The lowest BCUT2D eigenvalue weighted by Crippen LogP contribution is -1.85. The molecule has 0 bridgehead atoms. The van der Waals surface area contributed by atoms with Crippen molar-refractivity contribution in [3.63, 3.8) is 0 Å². The summed E-state index contributed by atoms with van der Waals surface area (Å²) in [6.07, 6.45) is 0.695. The van der Waals surface area contributed by atoms with Gasteiger partial charge >= 0.3 is 0 Å². The van der Waals surface area contributed by atoms with E-state index in [0.717, 1.165) is 5.76 Å². The molecule has 0 amide bonds. The quantitative estimate of drug-likeness (QED) is 0.756. The SMILES string of the molecule is Cc1nc(Cl)c(Cc2ccccc2)o1. The third kappa shape index (κ3) is 1.96. The number of benzene rings is 1. The van der Waals surface area contributed by atoms with Crippen molar-refractivity contribution < 1.29 is 4.42 Å². The van der Waals surface area contributed by atoms with Crippen LogP contribution in [0.4, 0.5) is 0 Å². The van der Waals surface area contributed by atoms with Gasteiger partial charge in [-0.1, -0.05) is 41.9 Å². The summed E-state index contributed by atoms with van der Waals surface area (Å²) in [6.45, 7) is 1.79.